The van der Waals surface area contributed by atoms with Crippen molar-refractivity contribution in [3.8, 4) is 0 Å². The molecule has 6 heterocycles. The quantitative estimate of drug-likeness (QED) is 0.0534. The molecule has 0 spiro atoms. The van der Waals surface area contributed by atoms with Crippen molar-refractivity contribution in [3.05, 3.63) is 11.6 Å². The summed E-state index contributed by atoms with van der Waals surface area (Å²) in [5.74, 6) is -4.43. The Morgan fingerprint density at radius 2 is 1.10 bits per heavy atom. The van der Waals surface area contributed by atoms with Gasteiger partial charge >= 0.3 is 23.9 Å². The van der Waals surface area contributed by atoms with E-state index in [2.05, 4.69) is 0 Å². The average Bonchev–Trinajstić information content (AvgIpc) is 0.921. The summed E-state index contributed by atoms with van der Waals surface area (Å²) in [7, 11) is 0. The zero-order valence-electron chi connectivity index (χ0n) is 51.9. The first-order valence-corrected chi connectivity index (χ1v) is 31.4. The lowest BCUT2D eigenvalue weighted by Gasteiger charge is -2.51. The number of carbonyl (C=O) groups is 4. The number of aliphatic hydroxyl groups is 9. The Labute approximate surface area is 509 Å². The molecule has 27 heteroatoms. The highest BCUT2D eigenvalue weighted by atomic mass is 16.8. The maximum atomic E-state index is 14.2. The summed E-state index contributed by atoms with van der Waals surface area (Å²) in [6.45, 7) is 14.8. The number of aliphatic hydroxyl groups excluding tert-OH is 9. The summed E-state index contributed by atoms with van der Waals surface area (Å²) in [6, 6.07) is 0. The first-order valence-electron chi connectivity index (χ1n) is 31.4. The second-order valence-electron chi connectivity index (χ2n) is 24.1. The Bertz CT molecular complexity index is 2160. The van der Waals surface area contributed by atoms with Gasteiger partial charge in [-0.2, -0.15) is 0 Å². The fraction of sp³-hybridized carbons (Fsp3) is 0.900. The normalized spacial score (nSPS) is 42.3. The van der Waals surface area contributed by atoms with E-state index in [4.69, 9.17) is 66.3 Å². The molecule has 502 valence electrons. The first-order chi connectivity index (χ1) is 41.4. The maximum absolute atomic E-state index is 14.2. The third-order valence-electron chi connectivity index (χ3n) is 17.4. The summed E-state index contributed by atoms with van der Waals surface area (Å²) in [5.41, 5.74) is 0.210. The largest absolute Gasteiger partial charge is 0.463 e. The van der Waals surface area contributed by atoms with Crippen LogP contribution in [0.15, 0.2) is 11.6 Å². The molecule has 0 amide bonds. The van der Waals surface area contributed by atoms with Gasteiger partial charge in [0, 0.05) is 12.0 Å². The molecule has 6 aliphatic rings. The van der Waals surface area contributed by atoms with E-state index in [1.54, 1.807) is 34.6 Å². The van der Waals surface area contributed by atoms with Crippen LogP contribution in [0.25, 0.3) is 0 Å². The van der Waals surface area contributed by atoms with E-state index in [9.17, 15) is 65.1 Å². The van der Waals surface area contributed by atoms with Crippen LogP contribution in [0, 0.1) is 11.8 Å². The monoisotopic (exact) mass is 1250 g/mol. The van der Waals surface area contributed by atoms with Crippen molar-refractivity contribution < 1.29 is 131 Å². The maximum Gasteiger partial charge on any atom is 0.333 e. The summed E-state index contributed by atoms with van der Waals surface area (Å²) < 4.78 is 87.0. The van der Waals surface area contributed by atoms with Crippen molar-refractivity contribution in [3.63, 3.8) is 0 Å². The number of carbonyl (C=O) groups excluding carboxylic acids is 4. The average molecular weight is 1250 g/mol. The van der Waals surface area contributed by atoms with E-state index in [-0.39, 0.29) is 18.4 Å². The third-order valence-corrected chi connectivity index (χ3v) is 17.4. The summed E-state index contributed by atoms with van der Waals surface area (Å²) in [6.07, 6.45) is -31.7. The Morgan fingerprint density at radius 3 is 1.75 bits per heavy atom. The van der Waals surface area contributed by atoms with Crippen molar-refractivity contribution in [2.24, 2.45) is 11.8 Å². The third kappa shape index (κ3) is 18.8. The molecule has 0 saturated carbocycles. The lowest BCUT2D eigenvalue weighted by atomic mass is 9.95. The fourth-order valence-corrected chi connectivity index (χ4v) is 11.3. The molecule has 9 N–H and O–H groups in total. The fourth-order valence-electron chi connectivity index (χ4n) is 11.3. The van der Waals surface area contributed by atoms with Gasteiger partial charge in [-0.1, -0.05) is 92.1 Å². The van der Waals surface area contributed by atoms with Crippen LogP contribution >= 0.6 is 0 Å². The van der Waals surface area contributed by atoms with Crippen LogP contribution in [0.2, 0.25) is 0 Å². The van der Waals surface area contributed by atoms with Gasteiger partial charge in [0.15, 0.2) is 49.8 Å². The molecule has 0 aliphatic carbocycles. The molecule has 0 aromatic carbocycles. The van der Waals surface area contributed by atoms with Crippen molar-refractivity contribution in [2.75, 3.05) is 13.2 Å². The highest BCUT2D eigenvalue weighted by molar-refractivity contribution is 5.87. The van der Waals surface area contributed by atoms with Gasteiger partial charge in [-0.05, 0) is 66.7 Å². The second-order valence-corrected chi connectivity index (χ2v) is 24.1. The van der Waals surface area contributed by atoms with Crippen LogP contribution in [-0.4, -0.2) is 243 Å². The Hall–Kier alpha value is -3.14. The molecule has 0 radical (unpaired) electrons. The molecule has 0 bridgehead atoms. The molecule has 0 aromatic heterocycles. The highest BCUT2D eigenvalue weighted by Gasteiger charge is 2.59. The lowest BCUT2D eigenvalue weighted by molar-refractivity contribution is -0.400. The van der Waals surface area contributed by atoms with Gasteiger partial charge in [-0.15, -0.1) is 0 Å². The molecular weight excluding hydrogens is 1150 g/mol. The summed E-state index contributed by atoms with van der Waals surface area (Å²) in [4.78, 5) is 53.8. The number of fused-ring (bicyclic) bond motifs is 2. The Kier molecular flexibility index (Phi) is 28.9. The molecule has 6 fully saturated rings. The molecule has 6 aliphatic heterocycles. The van der Waals surface area contributed by atoms with Crippen molar-refractivity contribution in [1.29, 1.82) is 0 Å². The van der Waals surface area contributed by atoms with E-state index in [1.807, 2.05) is 6.92 Å². The van der Waals surface area contributed by atoms with E-state index in [0.29, 0.717) is 32.1 Å². The van der Waals surface area contributed by atoms with Crippen molar-refractivity contribution >= 4 is 23.9 Å². The van der Waals surface area contributed by atoms with Crippen molar-refractivity contribution in [1.82, 2.24) is 0 Å². The van der Waals surface area contributed by atoms with Crippen LogP contribution in [0.5, 0.6) is 0 Å². The van der Waals surface area contributed by atoms with Gasteiger partial charge in [0.2, 0.25) is 0 Å². The molecular formula is C60H100O27. The minimum Gasteiger partial charge on any atom is -0.463 e. The number of allylic oxidation sites excluding steroid dienone is 1. The first kappa shape index (κ1) is 72.9. The van der Waals surface area contributed by atoms with Crippen molar-refractivity contribution in [2.45, 2.75) is 319 Å². The van der Waals surface area contributed by atoms with Gasteiger partial charge in [0.1, 0.15) is 92.1 Å². The number of hydrogen-bond donors (Lipinski definition) is 9. The predicted molar refractivity (Wildman–Crippen MR) is 300 cm³/mol. The van der Waals surface area contributed by atoms with Crippen LogP contribution in [0.3, 0.4) is 0 Å². The molecule has 28 atom stereocenters. The molecule has 6 saturated heterocycles. The zero-order chi connectivity index (χ0) is 64.0. The highest BCUT2D eigenvalue weighted by Crippen LogP contribution is 2.40. The molecule has 87 heavy (non-hydrogen) atoms. The van der Waals surface area contributed by atoms with E-state index in [1.165, 1.54) is 33.8 Å². The molecule has 28 unspecified atom stereocenters. The lowest BCUT2D eigenvalue weighted by Crippen LogP contribution is -2.68. The SMILES string of the molecule is CC=C(C)C(=O)OC1C(C)OC(OC2C(C)OC(OC3C(C)OC4OC5C(OC(CCC)CCCCCCCCCCC(=O)OC4C3O)OC(CO)C(O)C5O)C(OC(=O)C(C)CC)C2OC2OC(COC(=O)C(C)CC)C(O)C(O)C2O)C(O)C1O. The topological polar surface area (TPSA) is 380 Å². The zero-order valence-corrected chi connectivity index (χ0v) is 51.9. The minimum absolute atomic E-state index is 0.0797. The molecule has 0 aromatic rings. The van der Waals surface area contributed by atoms with Gasteiger partial charge in [0.25, 0.3) is 0 Å². The Balaban J connectivity index is 1.39. The number of rotatable bonds is 18. The van der Waals surface area contributed by atoms with Crippen LogP contribution < -0.4 is 0 Å². The van der Waals surface area contributed by atoms with Gasteiger partial charge in [-0.25, -0.2) is 4.79 Å². The Morgan fingerprint density at radius 1 is 0.552 bits per heavy atom. The van der Waals surface area contributed by atoms with E-state index in [0.717, 1.165) is 44.9 Å². The van der Waals surface area contributed by atoms with Crippen LogP contribution in [0.1, 0.15) is 159 Å². The van der Waals surface area contributed by atoms with Gasteiger partial charge < -0.3 is 112 Å². The number of hydrogen-bond acceptors (Lipinski definition) is 27. The van der Waals surface area contributed by atoms with Crippen LogP contribution in [-0.2, 0) is 85.5 Å². The standard InChI is InChI=1S/C60H100O27/c1-11-23-34-24-21-19-17-15-16-18-20-22-25-37(62)81-50-45(70)47(32(9)76-58(50)86-49-41(66)38(63)35(26-61)79-59(49)78-34)84-60-52(83-55(73)30(7)14-4)51(87-57-43(68)40(65)39(64)36(80-57)27-74-53(71)28(5)12-2)48(33(10)77-60)85-56-44(69)42(67)46(31(8)75-56)82-54(72)29(6)13-3/h13,28,30-36,38-52,56-61,63-70H,11-12,14-27H2,1-10H3. The minimum atomic E-state index is -2.08. The number of ether oxygens (including phenoxy) is 14. The summed E-state index contributed by atoms with van der Waals surface area (Å²) >= 11 is 0. The van der Waals surface area contributed by atoms with Gasteiger partial charge in [-0.3, -0.25) is 14.4 Å². The van der Waals surface area contributed by atoms with E-state index >= 15 is 0 Å². The molecule has 6 rings (SSSR count). The second kappa shape index (κ2) is 34.5. The van der Waals surface area contributed by atoms with Gasteiger partial charge in [0.05, 0.1) is 42.9 Å². The smallest absolute Gasteiger partial charge is 0.333 e. The predicted octanol–water partition coefficient (Wildman–Crippen LogP) is 1.53. The molecule has 27 nitrogen and oxygen atoms in total. The summed E-state index contributed by atoms with van der Waals surface area (Å²) in [5, 5.41) is 103. The van der Waals surface area contributed by atoms with E-state index < -0.39 is 209 Å². The van der Waals surface area contributed by atoms with Crippen LogP contribution in [0.4, 0.5) is 0 Å². The number of esters is 4.